The lowest BCUT2D eigenvalue weighted by atomic mass is 10.1. The topological polar surface area (TPSA) is 15.3 Å². The zero-order chi connectivity index (χ0) is 9.10. The van der Waals surface area contributed by atoms with Crippen LogP contribution in [-0.2, 0) is 0 Å². The Labute approximate surface area is 81.7 Å². The molecule has 0 aromatic carbocycles. The van der Waals surface area contributed by atoms with E-state index in [4.69, 9.17) is 0 Å². The Hall–Kier alpha value is -0.0800. The highest BCUT2D eigenvalue weighted by molar-refractivity contribution is 4.82. The molecule has 76 valence electrons. The Bertz CT molecular complexity index is 152. The molecule has 2 rings (SSSR count). The highest BCUT2D eigenvalue weighted by atomic mass is 15.2. The first-order valence-electron chi connectivity index (χ1n) is 5.85. The fourth-order valence-electron chi connectivity index (χ4n) is 2.80. The molecule has 0 aromatic heterocycles. The molecule has 2 fully saturated rings. The maximum Gasteiger partial charge on any atom is 0.00932 e. The minimum absolute atomic E-state index is 0.903. The molecule has 2 atom stereocenters. The van der Waals surface area contributed by atoms with Gasteiger partial charge in [0.2, 0.25) is 0 Å². The molecular weight excluding hydrogens is 160 g/mol. The summed E-state index contributed by atoms with van der Waals surface area (Å²) in [7, 11) is 0. The quantitative estimate of drug-likeness (QED) is 0.711. The van der Waals surface area contributed by atoms with Crippen molar-refractivity contribution in [3.63, 3.8) is 0 Å². The third kappa shape index (κ3) is 2.23. The van der Waals surface area contributed by atoms with Crippen LogP contribution in [0.1, 0.15) is 32.6 Å². The summed E-state index contributed by atoms with van der Waals surface area (Å²) >= 11 is 0. The van der Waals surface area contributed by atoms with Gasteiger partial charge in [0.15, 0.2) is 0 Å². The van der Waals surface area contributed by atoms with Crippen LogP contribution in [0.15, 0.2) is 0 Å². The van der Waals surface area contributed by atoms with Gasteiger partial charge in [0.1, 0.15) is 0 Å². The minimum atomic E-state index is 0.903. The maximum absolute atomic E-state index is 3.45. The predicted molar refractivity (Wildman–Crippen MR) is 55.9 cm³/mol. The van der Waals surface area contributed by atoms with E-state index in [1.165, 1.54) is 51.9 Å². The van der Waals surface area contributed by atoms with Crippen molar-refractivity contribution in [3.05, 3.63) is 0 Å². The number of likely N-dealkylation sites (tertiary alicyclic amines) is 1. The molecule has 2 aliphatic rings. The van der Waals surface area contributed by atoms with Gasteiger partial charge in [0, 0.05) is 12.6 Å². The van der Waals surface area contributed by atoms with E-state index in [1.54, 1.807) is 0 Å². The zero-order valence-electron chi connectivity index (χ0n) is 8.76. The van der Waals surface area contributed by atoms with E-state index < -0.39 is 0 Å². The average molecular weight is 182 g/mol. The van der Waals surface area contributed by atoms with E-state index in [2.05, 4.69) is 17.1 Å². The van der Waals surface area contributed by atoms with Crippen LogP contribution >= 0.6 is 0 Å². The lowest BCUT2D eigenvalue weighted by Crippen LogP contribution is -2.34. The maximum atomic E-state index is 3.45. The number of nitrogens with one attached hydrogen (secondary N) is 1. The first-order valence-corrected chi connectivity index (χ1v) is 5.85. The summed E-state index contributed by atoms with van der Waals surface area (Å²) in [6.45, 7) is 7.54. The van der Waals surface area contributed by atoms with Crippen molar-refractivity contribution in [3.8, 4) is 0 Å². The summed E-state index contributed by atoms with van der Waals surface area (Å²) in [5.41, 5.74) is 0. The van der Waals surface area contributed by atoms with Crippen LogP contribution in [-0.4, -0.2) is 37.1 Å². The van der Waals surface area contributed by atoms with E-state index in [-0.39, 0.29) is 0 Å². The number of hydrogen-bond donors (Lipinski definition) is 1. The average Bonchev–Trinajstić information content (AvgIpc) is 2.76. The molecule has 2 nitrogen and oxygen atoms in total. The van der Waals surface area contributed by atoms with Crippen molar-refractivity contribution in [1.29, 1.82) is 0 Å². The van der Waals surface area contributed by atoms with Gasteiger partial charge in [-0.2, -0.15) is 0 Å². The van der Waals surface area contributed by atoms with Crippen molar-refractivity contribution in [1.82, 2.24) is 10.2 Å². The van der Waals surface area contributed by atoms with Crippen molar-refractivity contribution in [2.45, 2.75) is 38.6 Å². The van der Waals surface area contributed by atoms with Crippen LogP contribution < -0.4 is 5.32 Å². The molecule has 2 unspecified atom stereocenters. The van der Waals surface area contributed by atoms with Crippen molar-refractivity contribution >= 4 is 0 Å². The normalized spacial score (nSPS) is 35.8. The van der Waals surface area contributed by atoms with Gasteiger partial charge in [0.05, 0.1) is 0 Å². The van der Waals surface area contributed by atoms with Crippen molar-refractivity contribution in [2.24, 2.45) is 5.92 Å². The Balaban J connectivity index is 1.79. The first-order chi connectivity index (χ1) is 6.40. The van der Waals surface area contributed by atoms with Crippen molar-refractivity contribution in [2.75, 3.05) is 26.2 Å². The van der Waals surface area contributed by atoms with Gasteiger partial charge in [0.25, 0.3) is 0 Å². The van der Waals surface area contributed by atoms with Crippen LogP contribution in [0.5, 0.6) is 0 Å². The molecule has 0 radical (unpaired) electrons. The molecule has 0 aromatic rings. The molecule has 1 N–H and O–H groups in total. The third-order valence-electron chi connectivity index (χ3n) is 3.63. The van der Waals surface area contributed by atoms with E-state index in [9.17, 15) is 0 Å². The fraction of sp³-hybridized carbons (Fsp3) is 1.00. The minimum Gasteiger partial charge on any atom is -0.316 e. The summed E-state index contributed by atoms with van der Waals surface area (Å²) in [6, 6.07) is 0.903. The molecule has 0 spiro atoms. The Morgan fingerprint density at radius 3 is 3.00 bits per heavy atom. The fourth-order valence-corrected chi connectivity index (χ4v) is 2.80. The zero-order valence-corrected chi connectivity index (χ0v) is 8.76. The Kier molecular flexibility index (Phi) is 3.23. The van der Waals surface area contributed by atoms with Gasteiger partial charge in [-0.15, -0.1) is 0 Å². The summed E-state index contributed by atoms with van der Waals surface area (Å²) in [5.74, 6) is 0.937. The molecule has 2 heteroatoms. The van der Waals surface area contributed by atoms with Gasteiger partial charge in [-0.1, -0.05) is 6.92 Å². The van der Waals surface area contributed by atoms with Crippen molar-refractivity contribution < 1.29 is 0 Å². The van der Waals surface area contributed by atoms with E-state index in [0.29, 0.717) is 0 Å². The second-order valence-electron chi connectivity index (χ2n) is 4.56. The van der Waals surface area contributed by atoms with Crippen LogP contribution in [0.3, 0.4) is 0 Å². The second-order valence-corrected chi connectivity index (χ2v) is 4.56. The molecular formula is C11H22N2. The van der Waals surface area contributed by atoms with Gasteiger partial charge in [-0.3, -0.25) is 0 Å². The smallest absolute Gasteiger partial charge is 0.00932 e. The lowest BCUT2D eigenvalue weighted by Gasteiger charge is -2.25. The number of hydrogen-bond acceptors (Lipinski definition) is 2. The van der Waals surface area contributed by atoms with Gasteiger partial charge < -0.3 is 10.2 Å². The molecule has 2 saturated heterocycles. The molecule has 2 heterocycles. The Morgan fingerprint density at radius 2 is 2.31 bits per heavy atom. The second kappa shape index (κ2) is 4.43. The van der Waals surface area contributed by atoms with Crippen LogP contribution in [0.2, 0.25) is 0 Å². The van der Waals surface area contributed by atoms with Gasteiger partial charge >= 0.3 is 0 Å². The number of nitrogens with zero attached hydrogens (tertiary/aromatic N) is 1. The highest BCUT2D eigenvalue weighted by Gasteiger charge is 2.26. The predicted octanol–water partition coefficient (Wildman–Crippen LogP) is 1.47. The summed E-state index contributed by atoms with van der Waals surface area (Å²) < 4.78 is 0. The summed E-state index contributed by atoms with van der Waals surface area (Å²) in [6.07, 6.45) is 5.61. The van der Waals surface area contributed by atoms with Crippen LogP contribution in [0, 0.1) is 5.92 Å². The lowest BCUT2D eigenvalue weighted by molar-refractivity contribution is 0.216. The first kappa shape index (κ1) is 9.47. The summed E-state index contributed by atoms with van der Waals surface area (Å²) in [4.78, 5) is 2.72. The SMILES string of the molecule is CCC1CCCN1CC1CCNC1. The summed E-state index contributed by atoms with van der Waals surface area (Å²) in [5, 5.41) is 3.45. The number of rotatable bonds is 3. The standard InChI is InChI=1S/C11H22N2/c1-2-11-4-3-7-13(11)9-10-5-6-12-8-10/h10-12H,2-9H2,1H3. The molecule has 13 heavy (non-hydrogen) atoms. The van der Waals surface area contributed by atoms with Crippen LogP contribution in [0.25, 0.3) is 0 Å². The molecule has 2 aliphatic heterocycles. The van der Waals surface area contributed by atoms with E-state index in [1.807, 2.05) is 0 Å². The van der Waals surface area contributed by atoms with Gasteiger partial charge in [-0.25, -0.2) is 0 Å². The molecule has 0 saturated carbocycles. The molecule has 0 bridgehead atoms. The van der Waals surface area contributed by atoms with Crippen LogP contribution in [0.4, 0.5) is 0 Å². The largest absolute Gasteiger partial charge is 0.316 e. The Morgan fingerprint density at radius 1 is 1.38 bits per heavy atom. The molecule has 0 amide bonds. The van der Waals surface area contributed by atoms with Gasteiger partial charge in [-0.05, 0) is 51.2 Å². The monoisotopic (exact) mass is 182 g/mol. The van der Waals surface area contributed by atoms with E-state index >= 15 is 0 Å². The third-order valence-corrected chi connectivity index (χ3v) is 3.63. The molecule has 0 aliphatic carbocycles. The highest BCUT2D eigenvalue weighted by Crippen LogP contribution is 2.22. The van der Waals surface area contributed by atoms with E-state index in [0.717, 1.165) is 12.0 Å².